The molecule has 1 heterocycles. The highest BCUT2D eigenvalue weighted by Gasteiger charge is 2.07. The smallest absolute Gasteiger partial charge is 0.0618 e. The number of hydrogen-bond acceptors (Lipinski definition) is 1. The highest BCUT2D eigenvalue weighted by molar-refractivity contribution is 4.77. The van der Waals surface area contributed by atoms with Gasteiger partial charge in [0.25, 0.3) is 0 Å². The Morgan fingerprint density at radius 1 is 1.83 bits per heavy atom. The average Bonchev–Trinajstić information content (AvgIpc) is 1.86. The molecular formula is C5H9N. The molecule has 0 aromatic heterocycles. The Hall–Kier alpha value is -0.0400. The first kappa shape index (κ1) is 4.13. The molecule has 1 unspecified atom stereocenters. The van der Waals surface area contributed by atoms with Gasteiger partial charge in [0, 0.05) is 0 Å². The molecule has 1 N–H and O–H groups in total. The van der Waals surface area contributed by atoms with Gasteiger partial charge >= 0.3 is 0 Å². The van der Waals surface area contributed by atoms with Gasteiger partial charge in [0.2, 0.25) is 0 Å². The molecule has 0 aliphatic carbocycles. The first-order valence-corrected chi connectivity index (χ1v) is 2.38. The van der Waals surface area contributed by atoms with E-state index in [4.69, 9.17) is 0 Å². The predicted molar refractivity (Wildman–Crippen MR) is 25.0 cm³/mol. The van der Waals surface area contributed by atoms with Gasteiger partial charge in [0.15, 0.2) is 0 Å². The Morgan fingerprint density at radius 2 is 2.67 bits per heavy atom. The van der Waals surface area contributed by atoms with Crippen LogP contribution < -0.4 is 5.32 Å². The van der Waals surface area contributed by atoms with E-state index in [-0.39, 0.29) is 0 Å². The molecule has 1 rings (SSSR count). The first-order chi connectivity index (χ1) is 2.89. The van der Waals surface area contributed by atoms with Crippen molar-refractivity contribution in [2.45, 2.75) is 13.3 Å². The Morgan fingerprint density at radius 3 is 2.83 bits per heavy atom. The molecule has 1 aliphatic heterocycles. The maximum Gasteiger partial charge on any atom is 0.0618 e. The van der Waals surface area contributed by atoms with Crippen molar-refractivity contribution in [1.29, 1.82) is 0 Å². The standard InChI is InChI=1S/C5H9N/c1-5-2-3-6-4-5/h5-6H,2-3H2,1H3. The van der Waals surface area contributed by atoms with E-state index in [1.165, 1.54) is 6.42 Å². The Labute approximate surface area is 38.7 Å². The summed E-state index contributed by atoms with van der Waals surface area (Å²) in [6, 6.07) is 0. The lowest BCUT2D eigenvalue weighted by Gasteiger charge is -1.88. The predicted octanol–water partition coefficient (Wildman–Crippen LogP) is 0.655. The van der Waals surface area contributed by atoms with E-state index in [1.807, 2.05) is 0 Å². The van der Waals surface area contributed by atoms with E-state index in [1.54, 1.807) is 0 Å². The fraction of sp³-hybridized carbons (Fsp3) is 0.800. The monoisotopic (exact) mass is 83.1 g/mol. The molecule has 0 bridgehead atoms. The molecule has 2 radical (unpaired) electrons. The second-order valence-corrected chi connectivity index (χ2v) is 1.76. The van der Waals surface area contributed by atoms with E-state index >= 15 is 0 Å². The summed E-state index contributed by atoms with van der Waals surface area (Å²) >= 11 is 0. The third-order valence-electron chi connectivity index (χ3n) is 1.05. The summed E-state index contributed by atoms with van der Waals surface area (Å²) in [5.41, 5.74) is 0. The lowest BCUT2D eigenvalue weighted by atomic mass is 10.2. The van der Waals surface area contributed by atoms with Crippen molar-refractivity contribution in [1.82, 2.24) is 5.32 Å². The molecule has 1 heteroatoms. The van der Waals surface area contributed by atoms with Gasteiger partial charge in [-0.2, -0.15) is 0 Å². The van der Waals surface area contributed by atoms with Crippen LogP contribution in [0.2, 0.25) is 0 Å². The maximum absolute atomic E-state index is 3.07. The van der Waals surface area contributed by atoms with Crippen LogP contribution in [0.25, 0.3) is 0 Å². The van der Waals surface area contributed by atoms with E-state index < -0.39 is 0 Å². The van der Waals surface area contributed by atoms with Crippen LogP contribution in [0.15, 0.2) is 0 Å². The van der Waals surface area contributed by atoms with E-state index in [0.717, 1.165) is 6.54 Å². The number of nitrogens with one attached hydrogen (secondary N) is 1. The summed E-state index contributed by atoms with van der Waals surface area (Å²) in [5.74, 6) is 0.685. The molecule has 1 fully saturated rings. The minimum atomic E-state index is 0.685. The van der Waals surface area contributed by atoms with Crippen LogP contribution in [-0.2, 0) is 0 Å². The minimum Gasteiger partial charge on any atom is -0.308 e. The van der Waals surface area contributed by atoms with Gasteiger partial charge in [-0.3, -0.25) is 0 Å². The Kier molecular flexibility index (Phi) is 1.10. The van der Waals surface area contributed by atoms with Crippen molar-refractivity contribution >= 4 is 0 Å². The van der Waals surface area contributed by atoms with Crippen LogP contribution in [0.4, 0.5) is 0 Å². The Balaban J connectivity index is 2.18. The zero-order valence-electron chi connectivity index (χ0n) is 3.99. The largest absolute Gasteiger partial charge is 0.308 e. The van der Waals surface area contributed by atoms with Crippen LogP contribution in [0, 0.1) is 12.5 Å². The molecule has 6 heavy (non-hydrogen) atoms. The number of rotatable bonds is 0. The molecule has 0 amide bonds. The SMILES string of the molecule is CC1[C]NCC1. The summed E-state index contributed by atoms with van der Waals surface area (Å²) < 4.78 is 0. The molecule has 1 saturated heterocycles. The zero-order valence-corrected chi connectivity index (χ0v) is 3.99. The van der Waals surface area contributed by atoms with Crippen molar-refractivity contribution < 1.29 is 0 Å². The quantitative estimate of drug-likeness (QED) is 0.453. The van der Waals surface area contributed by atoms with Crippen molar-refractivity contribution in [3.63, 3.8) is 0 Å². The molecule has 0 saturated carbocycles. The molecular weight excluding hydrogens is 74.1 g/mol. The van der Waals surface area contributed by atoms with Crippen molar-refractivity contribution in [3.8, 4) is 0 Å². The molecule has 1 atom stereocenters. The normalized spacial score (nSPS) is 34.5. The van der Waals surface area contributed by atoms with Crippen LogP contribution in [0.1, 0.15) is 13.3 Å². The van der Waals surface area contributed by atoms with Gasteiger partial charge in [-0.25, -0.2) is 0 Å². The van der Waals surface area contributed by atoms with Crippen molar-refractivity contribution in [2.75, 3.05) is 6.54 Å². The summed E-state index contributed by atoms with van der Waals surface area (Å²) in [5, 5.41) is 3.02. The topological polar surface area (TPSA) is 12.0 Å². The molecule has 0 aromatic rings. The van der Waals surface area contributed by atoms with E-state index in [2.05, 4.69) is 18.8 Å². The molecule has 0 spiro atoms. The van der Waals surface area contributed by atoms with Gasteiger partial charge in [-0.1, -0.05) is 6.92 Å². The van der Waals surface area contributed by atoms with Gasteiger partial charge in [0.05, 0.1) is 6.54 Å². The summed E-state index contributed by atoms with van der Waals surface area (Å²) in [6.07, 6.45) is 1.26. The highest BCUT2D eigenvalue weighted by Crippen LogP contribution is 2.07. The van der Waals surface area contributed by atoms with E-state index in [0.29, 0.717) is 5.92 Å². The van der Waals surface area contributed by atoms with Crippen LogP contribution in [-0.4, -0.2) is 6.54 Å². The third kappa shape index (κ3) is 0.716. The fourth-order valence-electron chi connectivity index (χ4n) is 0.607. The first-order valence-electron chi connectivity index (χ1n) is 2.38. The van der Waals surface area contributed by atoms with Gasteiger partial charge in [0.1, 0.15) is 0 Å². The maximum atomic E-state index is 3.07. The summed E-state index contributed by atoms with van der Waals surface area (Å²) in [4.78, 5) is 0. The average molecular weight is 83.1 g/mol. The van der Waals surface area contributed by atoms with Crippen LogP contribution in [0.3, 0.4) is 0 Å². The van der Waals surface area contributed by atoms with Crippen molar-refractivity contribution in [2.24, 2.45) is 5.92 Å². The molecule has 1 nitrogen and oxygen atoms in total. The highest BCUT2D eigenvalue weighted by atomic mass is 14.9. The molecule has 1 aliphatic rings. The lowest BCUT2D eigenvalue weighted by molar-refractivity contribution is 0.712. The second-order valence-electron chi connectivity index (χ2n) is 1.76. The molecule has 0 aromatic carbocycles. The fourth-order valence-corrected chi connectivity index (χ4v) is 0.607. The third-order valence-corrected chi connectivity index (χ3v) is 1.05. The summed E-state index contributed by atoms with van der Waals surface area (Å²) in [7, 11) is 0. The number of hydrogen-bond donors (Lipinski definition) is 1. The van der Waals surface area contributed by atoms with Crippen LogP contribution >= 0.6 is 0 Å². The molecule has 34 valence electrons. The van der Waals surface area contributed by atoms with Gasteiger partial charge in [-0.05, 0) is 18.9 Å². The zero-order chi connectivity index (χ0) is 4.41. The van der Waals surface area contributed by atoms with Gasteiger partial charge < -0.3 is 5.32 Å². The Bertz CT molecular complexity index is 37.2. The summed E-state index contributed by atoms with van der Waals surface area (Å²) in [6.45, 7) is 6.36. The lowest BCUT2D eigenvalue weighted by Crippen LogP contribution is -1.99. The van der Waals surface area contributed by atoms with E-state index in [9.17, 15) is 0 Å². The van der Waals surface area contributed by atoms with Gasteiger partial charge in [-0.15, -0.1) is 0 Å². The van der Waals surface area contributed by atoms with Crippen LogP contribution in [0.5, 0.6) is 0 Å². The second kappa shape index (κ2) is 1.61. The van der Waals surface area contributed by atoms with Crippen molar-refractivity contribution in [3.05, 3.63) is 6.54 Å². The minimum absolute atomic E-state index is 0.685.